The summed E-state index contributed by atoms with van der Waals surface area (Å²) >= 11 is 0. The molecule has 2 heteroatoms. The lowest BCUT2D eigenvalue weighted by molar-refractivity contribution is 0.175. The molecule has 0 radical (unpaired) electrons. The molecule has 0 amide bonds. The fourth-order valence-corrected chi connectivity index (χ4v) is 1.62. The molecular formula is C9H19NO. The average Bonchev–Trinajstić information content (AvgIpc) is 2.28. The second-order valence-electron chi connectivity index (χ2n) is 3.35. The molecule has 1 saturated heterocycles. The van der Waals surface area contributed by atoms with Gasteiger partial charge in [-0.15, -0.1) is 0 Å². The summed E-state index contributed by atoms with van der Waals surface area (Å²) in [6.45, 7) is 3.33. The van der Waals surface area contributed by atoms with Crippen LogP contribution in [0, 0.1) is 5.92 Å². The number of hydrogen-bond donors (Lipinski definition) is 1. The van der Waals surface area contributed by atoms with Gasteiger partial charge >= 0.3 is 0 Å². The standard InChI is InChI=1S/C9H19NO/c1-11-7-5-9-4-2-3-6-10-8-9/h9-10H,2-8H2,1H3. The van der Waals surface area contributed by atoms with Crippen LogP contribution in [0.5, 0.6) is 0 Å². The summed E-state index contributed by atoms with van der Waals surface area (Å²) in [4.78, 5) is 0. The van der Waals surface area contributed by atoms with Crippen LogP contribution >= 0.6 is 0 Å². The molecule has 0 aliphatic carbocycles. The smallest absolute Gasteiger partial charge is 0.0465 e. The van der Waals surface area contributed by atoms with Crippen LogP contribution in [0.4, 0.5) is 0 Å². The lowest BCUT2D eigenvalue weighted by Gasteiger charge is -2.12. The Labute approximate surface area is 69.3 Å². The van der Waals surface area contributed by atoms with Gasteiger partial charge in [-0.2, -0.15) is 0 Å². The molecule has 11 heavy (non-hydrogen) atoms. The molecule has 0 aromatic carbocycles. The van der Waals surface area contributed by atoms with Crippen molar-refractivity contribution in [2.45, 2.75) is 25.7 Å². The van der Waals surface area contributed by atoms with Crippen LogP contribution < -0.4 is 5.32 Å². The largest absolute Gasteiger partial charge is 0.385 e. The maximum Gasteiger partial charge on any atom is 0.0465 e. The molecule has 1 aliphatic heterocycles. The highest BCUT2D eigenvalue weighted by atomic mass is 16.5. The molecule has 2 nitrogen and oxygen atoms in total. The Bertz CT molecular complexity index is 87.6. The van der Waals surface area contributed by atoms with Crippen LogP contribution in [-0.4, -0.2) is 26.8 Å². The first kappa shape index (κ1) is 9.01. The summed E-state index contributed by atoms with van der Waals surface area (Å²) in [5.41, 5.74) is 0. The van der Waals surface area contributed by atoms with E-state index >= 15 is 0 Å². The third-order valence-electron chi connectivity index (χ3n) is 2.38. The third-order valence-corrected chi connectivity index (χ3v) is 2.38. The Morgan fingerprint density at radius 2 is 2.36 bits per heavy atom. The Morgan fingerprint density at radius 3 is 3.18 bits per heavy atom. The van der Waals surface area contributed by atoms with Gasteiger partial charge in [0, 0.05) is 13.7 Å². The average molecular weight is 157 g/mol. The zero-order valence-electron chi connectivity index (χ0n) is 7.44. The molecule has 1 fully saturated rings. The van der Waals surface area contributed by atoms with Gasteiger partial charge in [0.25, 0.3) is 0 Å². The van der Waals surface area contributed by atoms with Gasteiger partial charge in [0.1, 0.15) is 0 Å². The number of nitrogens with one attached hydrogen (secondary N) is 1. The zero-order valence-corrected chi connectivity index (χ0v) is 7.44. The minimum Gasteiger partial charge on any atom is -0.385 e. The first-order chi connectivity index (χ1) is 5.43. The van der Waals surface area contributed by atoms with Crippen LogP contribution in [0.15, 0.2) is 0 Å². The van der Waals surface area contributed by atoms with E-state index in [9.17, 15) is 0 Å². The second kappa shape index (κ2) is 5.56. The van der Waals surface area contributed by atoms with Gasteiger partial charge in [-0.05, 0) is 38.3 Å². The first-order valence-corrected chi connectivity index (χ1v) is 4.63. The highest BCUT2D eigenvalue weighted by Gasteiger charge is 2.10. The normalized spacial score (nSPS) is 26.5. The van der Waals surface area contributed by atoms with E-state index in [1.807, 2.05) is 0 Å². The van der Waals surface area contributed by atoms with Crippen molar-refractivity contribution in [1.29, 1.82) is 0 Å². The molecule has 1 heterocycles. The molecule has 0 spiro atoms. The van der Waals surface area contributed by atoms with Crippen LogP contribution in [0.2, 0.25) is 0 Å². The third kappa shape index (κ3) is 3.73. The van der Waals surface area contributed by atoms with Crippen LogP contribution in [0.1, 0.15) is 25.7 Å². The van der Waals surface area contributed by atoms with Crippen molar-refractivity contribution in [3.8, 4) is 0 Å². The van der Waals surface area contributed by atoms with Gasteiger partial charge in [-0.1, -0.05) is 6.42 Å². The molecule has 0 bridgehead atoms. The van der Waals surface area contributed by atoms with Crippen LogP contribution in [0.3, 0.4) is 0 Å². The van der Waals surface area contributed by atoms with E-state index in [-0.39, 0.29) is 0 Å². The van der Waals surface area contributed by atoms with E-state index in [0.717, 1.165) is 12.5 Å². The van der Waals surface area contributed by atoms with Gasteiger partial charge in [0.05, 0.1) is 0 Å². The number of hydrogen-bond acceptors (Lipinski definition) is 2. The molecule has 66 valence electrons. The number of ether oxygens (including phenoxy) is 1. The van der Waals surface area contributed by atoms with Crippen molar-refractivity contribution in [2.75, 3.05) is 26.8 Å². The highest BCUT2D eigenvalue weighted by Crippen LogP contribution is 2.14. The minimum absolute atomic E-state index is 0.859. The Hall–Kier alpha value is -0.0800. The van der Waals surface area contributed by atoms with E-state index < -0.39 is 0 Å². The maximum atomic E-state index is 5.06. The Morgan fingerprint density at radius 1 is 1.45 bits per heavy atom. The van der Waals surface area contributed by atoms with Crippen molar-refractivity contribution < 1.29 is 4.74 Å². The van der Waals surface area contributed by atoms with E-state index in [1.54, 1.807) is 7.11 Å². The van der Waals surface area contributed by atoms with E-state index in [4.69, 9.17) is 4.74 Å². The van der Waals surface area contributed by atoms with Crippen molar-refractivity contribution in [3.05, 3.63) is 0 Å². The molecule has 1 aliphatic rings. The Kier molecular flexibility index (Phi) is 4.55. The predicted molar refractivity (Wildman–Crippen MR) is 46.7 cm³/mol. The topological polar surface area (TPSA) is 21.3 Å². The zero-order chi connectivity index (χ0) is 7.94. The quantitative estimate of drug-likeness (QED) is 0.669. The van der Waals surface area contributed by atoms with Gasteiger partial charge in [-0.25, -0.2) is 0 Å². The van der Waals surface area contributed by atoms with E-state index in [1.165, 1.54) is 38.8 Å². The molecule has 1 atom stereocenters. The summed E-state index contributed by atoms with van der Waals surface area (Å²) in [6, 6.07) is 0. The van der Waals surface area contributed by atoms with Gasteiger partial charge in [-0.3, -0.25) is 0 Å². The monoisotopic (exact) mass is 157 g/mol. The fraction of sp³-hybridized carbons (Fsp3) is 1.00. The van der Waals surface area contributed by atoms with E-state index in [0.29, 0.717) is 0 Å². The molecule has 0 aromatic rings. The lowest BCUT2D eigenvalue weighted by Crippen LogP contribution is -2.21. The molecular weight excluding hydrogens is 138 g/mol. The van der Waals surface area contributed by atoms with Crippen molar-refractivity contribution >= 4 is 0 Å². The molecule has 1 rings (SSSR count). The SMILES string of the molecule is COCCC1CCCCNC1. The molecule has 0 aromatic heterocycles. The lowest BCUT2D eigenvalue weighted by atomic mass is 10.0. The summed E-state index contributed by atoms with van der Waals surface area (Å²) < 4.78 is 5.06. The summed E-state index contributed by atoms with van der Waals surface area (Å²) in [5.74, 6) is 0.859. The summed E-state index contributed by atoms with van der Waals surface area (Å²) in [7, 11) is 1.78. The van der Waals surface area contributed by atoms with E-state index in [2.05, 4.69) is 5.32 Å². The molecule has 1 N–H and O–H groups in total. The first-order valence-electron chi connectivity index (χ1n) is 4.63. The summed E-state index contributed by atoms with van der Waals surface area (Å²) in [5, 5.41) is 3.45. The Balaban J connectivity index is 2.09. The molecule has 1 unspecified atom stereocenters. The van der Waals surface area contributed by atoms with Crippen molar-refractivity contribution in [1.82, 2.24) is 5.32 Å². The number of methoxy groups -OCH3 is 1. The number of rotatable bonds is 3. The second-order valence-corrected chi connectivity index (χ2v) is 3.35. The molecule has 0 saturated carbocycles. The van der Waals surface area contributed by atoms with Crippen LogP contribution in [0.25, 0.3) is 0 Å². The van der Waals surface area contributed by atoms with Gasteiger partial charge in [0.2, 0.25) is 0 Å². The fourth-order valence-electron chi connectivity index (χ4n) is 1.62. The highest BCUT2D eigenvalue weighted by molar-refractivity contribution is 4.66. The minimum atomic E-state index is 0.859. The predicted octanol–water partition coefficient (Wildman–Crippen LogP) is 1.41. The summed E-state index contributed by atoms with van der Waals surface area (Å²) in [6.07, 6.45) is 5.35. The van der Waals surface area contributed by atoms with Gasteiger partial charge < -0.3 is 10.1 Å². The maximum absolute atomic E-state index is 5.06. The van der Waals surface area contributed by atoms with Crippen LogP contribution in [-0.2, 0) is 4.74 Å². The van der Waals surface area contributed by atoms with Crippen molar-refractivity contribution in [2.24, 2.45) is 5.92 Å². The van der Waals surface area contributed by atoms with Gasteiger partial charge in [0.15, 0.2) is 0 Å². The van der Waals surface area contributed by atoms with Crippen molar-refractivity contribution in [3.63, 3.8) is 0 Å².